The number of hydrogen-bond acceptors (Lipinski definition) is 6. The fourth-order valence-corrected chi connectivity index (χ4v) is 5.98. The molecule has 180 valence electrons. The summed E-state index contributed by atoms with van der Waals surface area (Å²) in [7, 11) is 4.19. The number of nitrogens with zero attached hydrogens (tertiary/aromatic N) is 6. The van der Waals surface area contributed by atoms with E-state index in [9.17, 15) is 4.79 Å². The van der Waals surface area contributed by atoms with Crippen LogP contribution >= 0.6 is 11.3 Å². The number of piperidine rings is 1. The van der Waals surface area contributed by atoms with Crippen LogP contribution in [0, 0.1) is 13.8 Å². The van der Waals surface area contributed by atoms with Crippen molar-refractivity contribution in [3.05, 3.63) is 45.5 Å². The van der Waals surface area contributed by atoms with Crippen molar-refractivity contribution >= 4 is 17.2 Å². The van der Waals surface area contributed by atoms with Gasteiger partial charge in [-0.3, -0.25) is 4.79 Å². The highest BCUT2D eigenvalue weighted by molar-refractivity contribution is 7.12. The maximum Gasteiger partial charge on any atom is 0.257 e. The number of aromatic nitrogens is 4. The van der Waals surface area contributed by atoms with Gasteiger partial charge in [-0.25, -0.2) is 14.6 Å². The van der Waals surface area contributed by atoms with E-state index in [1.165, 1.54) is 16.2 Å². The smallest absolute Gasteiger partial charge is 0.257 e. The lowest BCUT2D eigenvalue weighted by Crippen LogP contribution is -2.45. The monoisotopic (exact) mass is 478 g/mol. The van der Waals surface area contributed by atoms with Crippen molar-refractivity contribution in [1.29, 1.82) is 0 Å². The molecule has 5 rings (SSSR count). The van der Waals surface area contributed by atoms with Crippen LogP contribution in [0.4, 0.5) is 0 Å². The number of hydrogen-bond donors (Lipinski definition) is 0. The fourth-order valence-electron chi connectivity index (χ4n) is 5.05. The summed E-state index contributed by atoms with van der Waals surface area (Å²) in [6.07, 6.45) is 10.1. The molecule has 0 aromatic carbocycles. The topological polar surface area (TPSA) is 67.2 Å². The van der Waals surface area contributed by atoms with Crippen molar-refractivity contribution in [1.82, 2.24) is 29.5 Å². The van der Waals surface area contributed by atoms with Crippen molar-refractivity contribution in [2.24, 2.45) is 0 Å². The Morgan fingerprint density at radius 3 is 2.74 bits per heavy atom. The maximum absolute atomic E-state index is 13.8. The molecule has 3 aromatic rings. The van der Waals surface area contributed by atoms with Crippen LogP contribution in [0.15, 0.2) is 24.5 Å². The maximum atomic E-state index is 13.8. The van der Waals surface area contributed by atoms with Gasteiger partial charge in [0.05, 0.1) is 23.1 Å². The van der Waals surface area contributed by atoms with Crippen molar-refractivity contribution in [3.8, 4) is 17.2 Å². The van der Waals surface area contributed by atoms with E-state index in [2.05, 4.69) is 53.9 Å². The molecule has 2 aliphatic rings. The largest absolute Gasteiger partial charge is 0.336 e. The predicted molar refractivity (Wildman–Crippen MR) is 136 cm³/mol. The summed E-state index contributed by atoms with van der Waals surface area (Å²) in [5.74, 6) is 1.02. The molecule has 0 N–H and O–H groups in total. The first-order valence-corrected chi connectivity index (χ1v) is 13.2. The van der Waals surface area contributed by atoms with Crippen molar-refractivity contribution < 1.29 is 4.79 Å². The molecule has 8 heteroatoms. The van der Waals surface area contributed by atoms with Crippen LogP contribution < -0.4 is 0 Å². The molecule has 0 radical (unpaired) electrons. The third-order valence-electron chi connectivity index (χ3n) is 6.95. The minimum absolute atomic E-state index is 0.122. The van der Waals surface area contributed by atoms with Crippen LogP contribution in [0.2, 0.25) is 0 Å². The average molecular weight is 479 g/mol. The van der Waals surface area contributed by atoms with E-state index in [0.29, 0.717) is 17.9 Å². The Kier molecular flexibility index (Phi) is 6.53. The Bertz CT molecular complexity index is 1180. The first-order valence-electron chi connectivity index (χ1n) is 12.4. The van der Waals surface area contributed by atoms with Crippen LogP contribution in [0.1, 0.15) is 70.2 Å². The van der Waals surface area contributed by atoms with E-state index in [1.54, 1.807) is 23.7 Å². The molecular formula is C26H34N6OS. The first-order chi connectivity index (χ1) is 16.4. The fraction of sp³-hybridized carbons (Fsp3) is 0.538. The summed E-state index contributed by atoms with van der Waals surface area (Å²) in [6, 6.07) is 4.42. The number of aryl methyl sites for hydroxylation is 2. The number of amides is 1. The van der Waals surface area contributed by atoms with Gasteiger partial charge in [-0.1, -0.05) is 0 Å². The van der Waals surface area contributed by atoms with Gasteiger partial charge < -0.3 is 9.80 Å². The molecule has 0 spiro atoms. The molecule has 1 saturated heterocycles. The number of thiophene rings is 1. The van der Waals surface area contributed by atoms with Gasteiger partial charge in [0, 0.05) is 40.0 Å². The lowest BCUT2D eigenvalue weighted by atomic mass is 9.97. The Hall–Kier alpha value is -2.58. The Balaban J connectivity index is 1.47. The Labute approximate surface area is 205 Å². The molecule has 1 atom stereocenters. The molecule has 0 bridgehead atoms. The van der Waals surface area contributed by atoms with Gasteiger partial charge in [-0.15, -0.1) is 11.3 Å². The third-order valence-corrected chi connectivity index (χ3v) is 7.91. The van der Waals surface area contributed by atoms with E-state index in [0.717, 1.165) is 67.7 Å². The van der Waals surface area contributed by atoms with Gasteiger partial charge >= 0.3 is 0 Å². The minimum Gasteiger partial charge on any atom is -0.336 e. The lowest BCUT2D eigenvalue weighted by Gasteiger charge is -2.36. The van der Waals surface area contributed by atoms with Crippen LogP contribution in [-0.2, 0) is 0 Å². The standard InChI is InChI=1S/C26H34N6OS/c1-17-15-21(18(2)34-17)23-10-12-27-26(29-23)32-24(19-8-9-19)22(16-28-32)25(33)31-13-6-5-7-20(31)11-14-30(3)4/h10,12,15-16,19-20H,5-9,11,13-14H2,1-4H3. The number of likely N-dealkylation sites (tertiary alicyclic amines) is 1. The summed E-state index contributed by atoms with van der Waals surface area (Å²) in [6.45, 7) is 6.06. The molecule has 1 aliphatic carbocycles. The molecule has 1 aliphatic heterocycles. The summed E-state index contributed by atoms with van der Waals surface area (Å²) in [4.78, 5) is 30.1. The zero-order chi connectivity index (χ0) is 23.8. The van der Waals surface area contributed by atoms with Crippen LogP contribution in [0.25, 0.3) is 17.2 Å². The van der Waals surface area contributed by atoms with Crippen LogP contribution in [0.3, 0.4) is 0 Å². The van der Waals surface area contributed by atoms with E-state index >= 15 is 0 Å². The molecule has 7 nitrogen and oxygen atoms in total. The molecule has 2 fully saturated rings. The highest BCUT2D eigenvalue weighted by Gasteiger charge is 2.36. The van der Waals surface area contributed by atoms with E-state index in [-0.39, 0.29) is 5.91 Å². The van der Waals surface area contributed by atoms with Crippen LogP contribution in [0.5, 0.6) is 0 Å². The van der Waals surface area contributed by atoms with E-state index in [4.69, 9.17) is 4.98 Å². The summed E-state index contributed by atoms with van der Waals surface area (Å²) in [5.41, 5.74) is 3.75. The van der Waals surface area contributed by atoms with E-state index in [1.807, 2.05) is 10.7 Å². The average Bonchev–Trinajstić information content (AvgIpc) is 3.48. The zero-order valence-corrected chi connectivity index (χ0v) is 21.4. The van der Waals surface area contributed by atoms with E-state index < -0.39 is 0 Å². The normalized spacial score (nSPS) is 18.6. The first kappa shape index (κ1) is 23.2. The molecule has 1 saturated carbocycles. The van der Waals surface area contributed by atoms with Crippen molar-refractivity contribution in [2.45, 2.75) is 64.3 Å². The highest BCUT2D eigenvalue weighted by atomic mass is 32.1. The molecular weight excluding hydrogens is 444 g/mol. The molecule has 1 amide bonds. The van der Waals surface area contributed by atoms with Gasteiger partial charge in [0.15, 0.2) is 0 Å². The van der Waals surface area contributed by atoms with Crippen LogP contribution in [-0.4, -0.2) is 68.7 Å². The molecule has 3 aromatic heterocycles. The molecule has 1 unspecified atom stereocenters. The summed E-state index contributed by atoms with van der Waals surface area (Å²) < 4.78 is 1.82. The second-order valence-electron chi connectivity index (χ2n) is 9.94. The predicted octanol–water partition coefficient (Wildman–Crippen LogP) is 4.83. The number of rotatable bonds is 7. The lowest BCUT2D eigenvalue weighted by molar-refractivity contribution is 0.0590. The molecule has 34 heavy (non-hydrogen) atoms. The van der Waals surface area contributed by atoms with Gasteiger partial charge in [0.25, 0.3) is 11.9 Å². The quantitative estimate of drug-likeness (QED) is 0.487. The van der Waals surface area contributed by atoms with Gasteiger partial charge in [-0.2, -0.15) is 5.10 Å². The number of carbonyl (C=O) groups is 1. The second kappa shape index (κ2) is 9.58. The van der Waals surface area contributed by atoms with Gasteiger partial charge in [0.2, 0.25) is 0 Å². The highest BCUT2D eigenvalue weighted by Crippen LogP contribution is 2.43. The van der Waals surface area contributed by atoms with Gasteiger partial charge in [0.1, 0.15) is 0 Å². The van der Waals surface area contributed by atoms with Crippen molar-refractivity contribution in [2.75, 3.05) is 27.2 Å². The SMILES string of the molecule is Cc1cc(-c2ccnc(-n3ncc(C(=O)N4CCCCC4CCN(C)C)c3C3CC3)n2)c(C)s1. The summed E-state index contributed by atoms with van der Waals surface area (Å²) in [5, 5.41) is 4.66. The van der Waals surface area contributed by atoms with Crippen molar-refractivity contribution in [3.63, 3.8) is 0 Å². The summed E-state index contributed by atoms with van der Waals surface area (Å²) >= 11 is 1.78. The second-order valence-corrected chi connectivity index (χ2v) is 11.4. The van der Waals surface area contributed by atoms with Gasteiger partial charge in [-0.05, 0) is 85.1 Å². The Morgan fingerprint density at radius 1 is 1.21 bits per heavy atom. The zero-order valence-electron chi connectivity index (χ0n) is 20.6. The Morgan fingerprint density at radius 2 is 2.03 bits per heavy atom. The minimum atomic E-state index is 0.122. The molecule has 4 heterocycles. The third kappa shape index (κ3) is 4.66. The number of carbonyl (C=O) groups excluding carboxylic acids is 1.